The molecule has 3 N–H and O–H groups in total. The number of benzene rings is 1. The van der Waals surface area contributed by atoms with Crippen LogP contribution in [0, 0.1) is 0 Å². The number of carbonyl (C=O) groups is 1. The zero-order valence-electron chi connectivity index (χ0n) is 10.2. The highest BCUT2D eigenvalue weighted by atomic mass is 16.5. The molecule has 98 valence electrons. The molecule has 5 nitrogen and oxygen atoms in total. The van der Waals surface area contributed by atoms with Gasteiger partial charge in [0.15, 0.2) is 0 Å². The van der Waals surface area contributed by atoms with Gasteiger partial charge in [0.05, 0.1) is 19.3 Å². The first kappa shape index (κ1) is 13.0. The van der Waals surface area contributed by atoms with Gasteiger partial charge < -0.3 is 15.6 Å². The van der Waals surface area contributed by atoms with Crippen LogP contribution >= 0.6 is 0 Å². The predicted molar refractivity (Wildman–Crippen MR) is 67.1 cm³/mol. The molecule has 1 aromatic carbocycles. The van der Waals surface area contributed by atoms with E-state index in [0.29, 0.717) is 26.3 Å². The van der Waals surface area contributed by atoms with Gasteiger partial charge in [-0.1, -0.05) is 30.3 Å². The van der Waals surface area contributed by atoms with Crippen molar-refractivity contribution in [3.8, 4) is 0 Å². The smallest absolute Gasteiger partial charge is 0.322 e. The summed E-state index contributed by atoms with van der Waals surface area (Å²) in [5.41, 5.74) is 6.87. The molecule has 5 heteroatoms. The minimum Gasteiger partial charge on any atom is -0.480 e. The van der Waals surface area contributed by atoms with Crippen LogP contribution in [0.1, 0.15) is 5.56 Å². The molecular weight excluding hydrogens is 232 g/mol. The van der Waals surface area contributed by atoms with Gasteiger partial charge >= 0.3 is 5.97 Å². The lowest BCUT2D eigenvalue weighted by molar-refractivity contribution is -0.142. The quantitative estimate of drug-likeness (QED) is 0.803. The van der Waals surface area contributed by atoms with Crippen molar-refractivity contribution in [2.75, 3.05) is 19.8 Å². The maximum Gasteiger partial charge on any atom is 0.322 e. The molecule has 2 rings (SSSR count). The Bertz CT molecular complexity index is 396. The van der Waals surface area contributed by atoms with Crippen molar-refractivity contribution >= 4 is 5.97 Å². The maximum atomic E-state index is 11.0. The monoisotopic (exact) mass is 250 g/mol. The lowest BCUT2D eigenvalue weighted by Gasteiger charge is -2.37. The zero-order chi connectivity index (χ0) is 13.0. The highest BCUT2D eigenvalue weighted by Gasteiger charge is 2.32. The van der Waals surface area contributed by atoms with E-state index in [4.69, 9.17) is 15.6 Å². The van der Waals surface area contributed by atoms with Crippen molar-refractivity contribution in [1.82, 2.24) is 4.90 Å². The Balaban J connectivity index is 2.06. The number of carboxylic acid groups (broad SMARTS) is 1. The second-order valence-corrected chi connectivity index (χ2v) is 4.46. The summed E-state index contributed by atoms with van der Waals surface area (Å²) in [7, 11) is 0. The summed E-state index contributed by atoms with van der Waals surface area (Å²) in [5.74, 6) is -0.983. The number of morpholine rings is 1. The third-order valence-electron chi connectivity index (χ3n) is 3.21. The van der Waals surface area contributed by atoms with Gasteiger partial charge in [0, 0.05) is 13.1 Å². The summed E-state index contributed by atoms with van der Waals surface area (Å²) in [4.78, 5) is 13.1. The van der Waals surface area contributed by atoms with Crippen LogP contribution in [0.25, 0.3) is 0 Å². The van der Waals surface area contributed by atoms with Crippen LogP contribution in [0.15, 0.2) is 30.3 Å². The van der Waals surface area contributed by atoms with E-state index in [0.717, 1.165) is 5.56 Å². The largest absolute Gasteiger partial charge is 0.480 e. The van der Waals surface area contributed by atoms with Crippen LogP contribution in [0.4, 0.5) is 0 Å². The topological polar surface area (TPSA) is 75.8 Å². The standard InChI is InChI=1S/C13H18N2O3/c14-12(13(16)17)11-9-18-7-6-15(11)8-10-4-2-1-3-5-10/h1-5,11-12H,6-9,14H2,(H,16,17). The molecule has 0 bridgehead atoms. The van der Waals surface area contributed by atoms with Crippen molar-refractivity contribution in [3.05, 3.63) is 35.9 Å². The number of hydrogen-bond donors (Lipinski definition) is 2. The van der Waals surface area contributed by atoms with Crippen molar-refractivity contribution < 1.29 is 14.6 Å². The second-order valence-electron chi connectivity index (χ2n) is 4.46. The van der Waals surface area contributed by atoms with Gasteiger partial charge in [0.2, 0.25) is 0 Å². The molecule has 0 radical (unpaired) electrons. The van der Waals surface area contributed by atoms with E-state index >= 15 is 0 Å². The minimum atomic E-state index is -0.983. The Labute approximate surface area is 106 Å². The van der Waals surface area contributed by atoms with Gasteiger partial charge in [-0.3, -0.25) is 9.69 Å². The van der Waals surface area contributed by atoms with Crippen LogP contribution in [0.3, 0.4) is 0 Å². The van der Waals surface area contributed by atoms with E-state index in [1.165, 1.54) is 0 Å². The molecule has 0 saturated carbocycles. The van der Waals surface area contributed by atoms with Gasteiger partial charge in [0.25, 0.3) is 0 Å². The Morgan fingerprint density at radius 3 is 2.89 bits per heavy atom. The fourth-order valence-corrected chi connectivity index (χ4v) is 2.17. The van der Waals surface area contributed by atoms with Crippen LogP contribution in [-0.2, 0) is 16.1 Å². The van der Waals surface area contributed by atoms with E-state index in [9.17, 15) is 4.79 Å². The van der Waals surface area contributed by atoms with Gasteiger partial charge in [-0.2, -0.15) is 0 Å². The lowest BCUT2D eigenvalue weighted by atomic mass is 10.1. The number of aliphatic carboxylic acids is 1. The maximum absolute atomic E-state index is 11.0. The number of ether oxygens (including phenoxy) is 1. The summed E-state index contributed by atoms with van der Waals surface area (Å²) in [5, 5.41) is 9.01. The highest BCUT2D eigenvalue weighted by molar-refractivity contribution is 5.74. The zero-order valence-corrected chi connectivity index (χ0v) is 10.2. The molecule has 1 fully saturated rings. The first-order valence-electron chi connectivity index (χ1n) is 6.02. The molecule has 1 heterocycles. The number of nitrogens with two attached hydrogens (primary N) is 1. The Morgan fingerprint density at radius 1 is 1.50 bits per heavy atom. The van der Waals surface area contributed by atoms with Crippen LogP contribution in [-0.4, -0.2) is 47.8 Å². The molecule has 1 aliphatic heterocycles. The third-order valence-corrected chi connectivity index (χ3v) is 3.21. The van der Waals surface area contributed by atoms with E-state index in [2.05, 4.69) is 4.90 Å². The molecule has 18 heavy (non-hydrogen) atoms. The Hall–Kier alpha value is -1.43. The summed E-state index contributed by atoms with van der Waals surface area (Å²) < 4.78 is 5.34. The van der Waals surface area contributed by atoms with Crippen molar-refractivity contribution in [3.63, 3.8) is 0 Å². The summed E-state index contributed by atoms with van der Waals surface area (Å²) in [6.07, 6.45) is 0. The fraction of sp³-hybridized carbons (Fsp3) is 0.462. The van der Waals surface area contributed by atoms with Crippen molar-refractivity contribution in [2.24, 2.45) is 5.73 Å². The van der Waals surface area contributed by atoms with E-state index in [1.807, 2.05) is 30.3 Å². The van der Waals surface area contributed by atoms with E-state index in [1.54, 1.807) is 0 Å². The Morgan fingerprint density at radius 2 is 2.22 bits per heavy atom. The number of rotatable bonds is 4. The van der Waals surface area contributed by atoms with Gasteiger partial charge in [-0.25, -0.2) is 0 Å². The van der Waals surface area contributed by atoms with Gasteiger partial charge in [0.1, 0.15) is 6.04 Å². The lowest BCUT2D eigenvalue weighted by Crippen LogP contribution is -2.57. The number of nitrogens with zero attached hydrogens (tertiary/aromatic N) is 1. The molecule has 1 aromatic rings. The normalized spacial score (nSPS) is 22.6. The van der Waals surface area contributed by atoms with Crippen molar-refractivity contribution in [1.29, 1.82) is 0 Å². The Kier molecular flexibility index (Phi) is 4.30. The van der Waals surface area contributed by atoms with E-state index < -0.39 is 12.0 Å². The third kappa shape index (κ3) is 3.07. The molecule has 2 atom stereocenters. The minimum absolute atomic E-state index is 0.267. The molecule has 0 aliphatic carbocycles. The summed E-state index contributed by atoms with van der Waals surface area (Å²) >= 11 is 0. The predicted octanol–water partition coefficient (Wildman–Crippen LogP) is 0.299. The summed E-state index contributed by atoms with van der Waals surface area (Å²) in [6.45, 7) is 2.41. The van der Waals surface area contributed by atoms with Crippen LogP contribution in [0.5, 0.6) is 0 Å². The molecule has 1 saturated heterocycles. The van der Waals surface area contributed by atoms with Gasteiger partial charge in [-0.15, -0.1) is 0 Å². The first-order chi connectivity index (χ1) is 8.68. The van der Waals surface area contributed by atoms with E-state index in [-0.39, 0.29) is 6.04 Å². The molecular formula is C13H18N2O3. The van der Waals surface area contributed by atoms with Crippen LogP contribution < -0.4 is 5.73 Å². The fourth-order valence-electron chi connectivity index (χ4n) is 2.17. The average molecular weight is 250 g/mol. The van der Waals surface area contributed by atoms with Gasteiger partial charge in [-0.05, 0) is 5.56 Å². The average Bonchev–Trinajstić information content (AvgIpc) is 2.39. The highest BCUT2D eigenvalue weighted by Crippen LogP contribution is 2.14. The molecule has 1 aliphatic rings. The molecule has 0 amide bonds. The van der Waals surface area contributed by atoms with Crippen LogP contribution in [0.2, 0.25) is 0 Å². The molecule has 2 unspecified atom stereocenters. The number of carboxylic acids is 1. The number of hydrogen-bond acceptors (Lipinski definition) is 4. The summed E-state index contributed by atoms with van der Waals surface area (Å²) in [6, 6.07) is 8.79. The SMILES string of the molecule is NC(C(=O)O)C1COCCN1Cc1ccccc1. The molecule has 0 aromatic heterocycles. The second kappa shape index (κ2) is 5.95. The van der Waals surface area contributed by atoms with Crippen molar-refractivity contribution in [2.45, 2.75) is 18.6 Å². The first-order valence-corrected chi connectivity index (χ1v) is 6.02. The molecule has 0 spiro atoms.